The molecule has 8 heteroatoms. The van der Waals surface area contributed by atoms with Gasteiger partial charge in [0.1, 0.15) is 0 Å². The van der Waals surface area contributed by atoms with Crippen LogP contribution < -0.4 is 0 Å². The average Bonchev–Trinajstić information content (AvgIpc) is 2.91. The van der Waals surface area contributed by atoms with E-state index >= 15 is 0 Å². The molecule has 0 bridgehead atoms. The van der Waals surface area contributed by atoms with Gasteiger partial charge in [-0.2, -0.15) is 15.8 Å². The Morgan fingerprint density at radius 1 is 0.605 bits per heavy atom. The monoisotopic (exact) mass is 543 g/mol. The second-order valence-corrected chi connectivity index (χ2v) is 13.0. The molecule has 0 aliphatic rings. The molecule has 0 saturated carbocycles. The zero-order valence-electron chi connectivity index (χ0n) is 21.1. The number of rotatable bonds is 15. The molecule has 6 nitrogen and oxygen atoms in total. The van der Waals surface area contributed by atoms with Gasteiger partial charge in [-0.05, 0) is 34.5 Å². The van der Waals surface area contributed by atoms with E-state index in [1.807, 2.05) is 91.0 Å². The Morgan fingerprint density at radius 2 is 0.974 bits per heavy atom. The zero-order chi connectivity index (χ0) is 27.1. The summed E-state index contributed by atoms with van der Waals surface area (Å²) in [5.41, 5.74) is 2.89. The minimum atomic E-state index is -3.92. The second kappa shape index (κ2) is 15.8. The molecule has 38 heavy (non-hydrogen) atoms. The van der Waals surface area contributed by atoms with Gasteiger partial charge >= 0.3 is 6.80 Å². The summed E-state index contributed by atoms with van der Waals surface area (Å²) in [6, 6.07) is 35.2. The van der Waals surface area contributed by atoms with E-state index in [1.54, 1.807) is 0 Å². The highest BCUT2D eigenvalue weighted by Gasteiger charge is 2.36. The third kappa shape index (κ3) is 10.2. The minimum absolute atomic E-state index is 0.0198. The maximum atomic E-state index is 14.4. The van der Waals surface area contributed by atoms with Crippen molar-refractivity contribution in [3.63, 3.8) is 0 Å². The molecule has 0 aliphatic carbocycles. The molecule has 3 rings (SSSR count). The number of hydrogen-bond donors (Lipinski definition) is 0. The van der Waals surface area contributed by atoms with Gasteiger partial charge in [0.15, 0.2) is 0 Å². The summed E-state index contributed by atoms with van der Waals surface area (Å²) in [6.07, 6.45) is 0.0762. The first-order valence-corrected chi connectivity index (χ1v) is 15.4. The number of nitrogens with zero attached hydrogens (tertiary/aromatic N) is 3. The first-order valence-electron chi connectivity index (χ1n) is 12.4. The molecule has 194 valence electrons. The van der Waals surface area contributed by atoms with Gasteiger partial charge < -0.3 is 0 Å². The van der Waals surface area contributed by atoms with E-state index in [0.717, 1.165) is 28.1 Å². The minimum Gasteiger partial charge on any atom is -0.296 e. The normalized spacial score (nSPS) is 13.4. The van der Waals surface area contributed by atoms with Gasteiger partial charge in [0, 0.05) is 24.5 Å². The summed E-state index contributed by atoms with van der Waals surface area (Å²) >= 11 is 1.01. The van der Waals surface area contributed by atoms with Crippen LogP contribution in [0.25, 0.3) is 0 Å². The van der Waals surface area contributed by atoms with Gasteiger partial charge in [-0.1, -0.05) is 91.0 Å². The summed E-state index contributed by atoms with van der Waals surface area (Å²) in [4.78, 5) is 0. The van der Waals surface area contributed by atoms with Crippen LogP contribution >= 0.6 is 18.2 Å². The molecule has 0 unspecified atom stereocenters. The third-order valence-corrected chi connectivity index (χ3v) is 9.90. The fraction of sp³-hybridized carbons (Fsp3) is 0.300. The highest BCUT2D eigenvalue weighted by Crippen LogP contribution is 2.65. The average molecular weight is 544 g/mol. The smallest absolute Gasteiger partial charge is 0.296 e. The molecule has 0 radical (unpaired) electrons. The van der Waals surface area contributed by atoms with Crippen molar-refractivity contribution < 1.29 is 13.6 Å². The van der Waals surface area contributed by atoms with E-state index in [2.05, 4.69) is 18.2 Å². The number of hydrogen-bond acceptors (Lipinski definition) is 7. The Morgan fingerprint density at radius 3 is 1.34 bits per heavy atom. The SMILES string of the molecule is N#CC[C@H](Cc1ccccc1)OP(=O)(O[C@H](CC#N)Cc1ccccc1)S[C@H](CC#N)Cc1ccccc1. The van der Waals surface area contributed by atoms with E-state index in [0.29, 0.717) is 19.3 Å². The van der Waals surface area contributed by atoms with E-state index in [1.165, 1.54) is 0 Å². The van der Waals surface area contributed by atoms with E-state index in [4.69, 9.17) is 9.05 Å². The Bertz CT molecular complexity index is 1130. The highest BCUT2D eigenvalue weighted by molar-refractivity contribution is 8.55. The molecule has 3 aromatic carbocycles. The maximum absolute atomic E-state index is 14.4. The lowest BCUT2D eigenvalue weighted by atomic mass is 10.1. The quantitative estimate of drug-likeness (QED) is 0.183. The molecule has 0 saturated heterocycles. The maximum Gasteiger partial charge on any atom is 0.390 e. The van der Waals surface area contributed by atoms with Gasteiger partial charge in [0.05, 0.1) is 43.3 Å². The molecule has 0 heterocycles. The summed E-state index contributed by atoms with van der Waals surface area (Å²) in [7, 11) is 0. The lowest BCUT2D eigenvalue weighted by Crippen LogP contribution is -2.20. The van der Waals surface area contributed by atoms with E-state index in [-0.39, 0.29) is 24.5 Å². The topological polar surface area (TPSA) is 107 Å². The van der Waals surface area contributed by atoms with Crippen molar-refractivity contribution in [1.82, 2.24) is 0 Å². The molecule has 0 aliphatic heterocycles. The van der Waals surface area contributed by atoms with Crippen molar-refractivity contribution in [3.05, 3.63) is 108 Å². The van der Waals surface area contributed by atoms with Crippen LogP contribution in [0, 0.1) is 34.0 Å². The fourth-order valence-corrected chi connectivity index (χ4v) is 8.53. The van der Waals surface area contributed by atoms with Crippen LogP contribution in [0.15, 0.2) is 91.0 Å². The van der Waals surface area contributed by atoms with Crippen molar-refractivity contribution in [1.29, 1.82) is 15.8 Å². The lowest BCUT2D eigenvalue weighted by molar-refractivity contribution is 0.127. The van der Waals surface area contributed by atoms with Crippen molar-refractivity contribution in [3.8, 4) is 18.2 Å². The van der Waals surface area contributed by atoms with Crippen molar-refractivity contribution in [2.45, 2.75) is 56.0 Å². The van der Waals surface area contributed by atoms with Gasteiger partial charge in [0.25, 0.3) is 0 Å². The predicted molar refractivity (Wildman–Crippen MR) is 150 cm³/mol. The molecule has 0 amide bonds. The molecule has 0 N–H and O–H groups in total. The van der Waals surface area contributed by atoms with Gasteiger partial charge in [-0.3, -0.25) is 9.05 Å². The van der Waals surface area contributed by atoms with Crippen molar-refractivity contribution in [2.75, 3.05) is 0 Å². The van der Waals surface area contributed by atoms with Gasteiger partial charge in [0.2, 0.25) is 0 Å². The number of benzene rings is 3. The Kier molecular flexibility index (Phi) is 12.1. The molecular weight excluding hydrogens is 513 g/mol. The van der Waals surface area contributed by atoms with Gasteiger partial charge in [-0.15, -0.1) is 0 Å². The predicted octanol–water partition coefficient (Wildman–Crippen LogP) is 7.44. The van der Waals surface area contributed by atoms with E-state index in [9.17, 15) is 20.4 Å². The zero-order valence-corrected chi connectivity index (χ0v) is 22.8. The van der Waals surface area contributed by atoms with Crippen LogP contribution in [-0.4, -0.2) is 17.5 Å². The Balaban J connectivity index is 1.89. The van der Waals surface area contributed by atoms with Crippen LogP contribution in [0.4, 0.5) is 0 Å². The third-order valence-electron chi connectivity index (χ3n) is 5.71. The Labute approximate surface area is 229 Å². The van der Waals surface area contributed by atoms with Crippen LogP contribution in [0.2, 0.25) is 0 Å². The molecule has 3 aromatic rings. The highest BCUT2D eigenvalue weighted by atomic mass is 32.7. The summed E-state index contributed by atoms with van der Waals surface area (Å²) in [5.74, 6) is 0. The largest absolute Gasteiger partial charge is 0.390 e. The number of nitriles is 3. The van der Waals surface area contributed by atoms with Crippen molar-refractivity contribution >= 4 is 18.2 Å². The van der Waals surface area contributed by atoms with E-state index < -0.39 is 19.0 Å². The molecular formula is C30H30N3O3PS. The second-order valence-electron chi connectivity index (χ2n) is 8.79. The van der Waals surface area contributed by atoms with Crippen LogP contribution in [0.3, 0.4) is 0 Å². The molecule has 3 atom stereocenters. The summed E-state index contributed by atoms with van der Waals surface area (Å²) in [5, 5.41) is 28.1. The summed E-state index contributed by atoms with van der Waals surface area (Å²) < 4.78 is 26.8. The van der Waals surface area contributed by atoms with Crippen molar-refractivity contribution in [2.24, 2.45) is 0 Å². The lowest BCUT2D eigenvalue weighted by Gasteiger charge is -2.28. The Hall–Kier alpha value is -3.37. The van der Waals surface area contributed by atoms with Gasteiger partial charge in [-0.25, -0.2) is 4.57 Å². The summed E-state index contributed by atoms with van der Waals surface area (Å²) in [6.45, 7) is -3.92. The fourth-order valence-electron chi connectivity index (χ4n) is 4.00. The van der Waals surface area contributed by atoms with Crippen LogP contribution in [0.1, 0.15) is 36.0 Å². The molecule has 0 spiro atoms. The molecule has 0 aromatic heterocycles. The first-order chi connectivity index (χ1) is 18.5. The van der Waals surface area contributed by atoms with Crippen LogP contribution in [-0.2, 0) is 32.9 Å². The molecule has 0 fully saturated rings. The first kappa shape index (κ1) is 29.2. The van der Waals surface area contributed by atoms with Crippen LogP contribution in [0.5, 0.6) is 0 Å². The standard InChI is InChI=1S/C30H30N3O3PS/c31-19-16-28(22-25-10-4-1-5-11-25)35-37(34,36-29(17-20-32)23-26-12-6-2-7-13-26)38-30(18-21-33)24-27-14-8-3-9-15-27/h1-15,28-30H,16-18,22-24H2/t28-,29-,30-/m1/s1.